The minimum absolute atomic E-state index is 0.394. The lowest BCUT2D eigenvalue weighted by molar-refractivity contribution is 0.720. The van der Waals surface area contributed by atoms with Crippen LogP contribution in [-0.2, 0) is 13.0 Å². The number of hydrogen-bond acceptors (Lipinski definition) is 4. The minimum atomic E-state index is 0.394. The maximum Gasteiger partial charge on any atom is 0.232 e. The molecule has 0 bridgehead atoms. The molecule has 2 heterocycles. The molecule has 1 aliphatic heterocycles. The first kappa shape index (κ1) is 15.0. The fraction of sp³-hybridized carbons (Fsp3) is 0.267. The number of benzene rings is 1. The van der Waals surface area contributed by atoms with E-state index in [4.69, 9.17) is 23.8 Å². The molecule has 7 heteroatoms. The summed E-state index contributed by atoms with van der Waals surface area (Å²) < 4.78 is 0. The highest BCUT2D eigenvalue weighted by Crippen LogP contribution is 2.25. The van der Waals surface area contributed by atoms with Crippen LogP contribution in [0.15, 0.2) is 30.3 Å². The van der Waals surface area contributed by atoms with Crippen LogP contribution < -0.4 is 15.5 Å². The third-order valence-electron chi connectivity index (χ3n) is 3.59. The highest BCUT2D eigenvalue weighted by Gasteiger charge is 2.18. The van der Waals surface area contributed by atoms with E-state index >= 15 is 0 Å². The second kappa shape index (κ2) is 6.46. The van der Waals surface area contributed by atoms with Crippen LogP contribution in [0.3, 0.4) is 0 Å². The normalized spacial score (nSPS) is 13.5. The van der Waals surface area contributed by atoms with Gasteiger partial charge in [-0.05, 0) is 29.8 Å². The molecule has 5 nitrogen and oxygen atoms in total. The van der Waals surface area contributed by atoms with Gasteiger partial charge in [-0.15, -0.1) is 0 Å². The molecular weight excluding hydrogens is 318 g/mol. The zero-order valence-electron chi connectivity index (χ0n) is 12.1. The second-order valence-corrected chi connectivity index (χ2v) is 5.81. The average Bonchev–Trinajstić information content (AvgIpc) is 2.53. The van der Waals surface area contributed by atoms with Crippen LogP contribution in [0.25, 0.3) is 0 Å². The Morgan fingerprint density at radius 2 is 2.05 bits per heavy atom. The van der Waals surface area contributed by atoms with E-state index in [9.17, 15) is 0 Å². The van der Waals surface area contributed by atoms with Gasteiger partial charge in [0.1, 0.15) is 11.0 Å². The number of nitrogens with one attached hydrogen (secondary N) is 2. The topological polar surface area (TPSA) is 53.1 Å². The molecule has 0 radical (unpaired) electrons. The van der Waals surface area contributed by atoms with Crippen LogP contribution in [-0.4, -0.2) is 28.7 Å². The average molecular weight is 334 g/mol. The van der Waals surface area contributed by atoms with Gasteiger partial charge >= 0.3 is 0 Å². The molecule has 0 unspecified atom stereocenters. The zero-order valence-corrected chi connectivity index (χ0v) is 13.7. The molecule has 1 aromatic carbocycles. The van der Waals surface area contributed by atoms with Crippen LogP contribution in [0, 0.1) is 0 Å². The molecule has 114 valence electrons. The van der Waals surface area contributed by atoms with Gasteiger partial charge in [-0.1, -0.05) is 35.9 Å². The van der Waals surface area contributed by atoms with E-state index in [2.05, 4.69) is 49.8 Å². The number of fused-ring (bicyclic) bond motifs is 1. The molecule has 1 aromatic heterocycles. The van der Waals surface area contributed by atoms with Gasteiger partial charge in [-0.25, -0.2) is 4.98 Å². The largest absolute Gasteiger partial charge is 0.365 e. The number of thiocarbonyl (C=S) groups is 1. The van der Waals surface area contributed by atoms with Crippen LogP contribution in [0.2, 0.25) is 5.15 Å². The molecule has 22 heavy (non-hydrogen) atoms. The fourth-order valence-electron chi connectivity index (χ4n) is 2.48. The maximum atomic E-state index is 6.11. The molecule has 0 saturated heterocycles. The van der Waals surface area contributed by atoms with E-state index in [0.29, 0.717) is 16.2 Å². The first-order valence-electron chi connectivity index (χ1n) is 7.01. The van der Waals surface area contributed by atoms with Crippen LogP contribution in [0.5, 0.6) is 0 Å². The van der Waals surface area contributed by atoms with Crippen molar-refractivity contribution < 1.29 is 0 Å². The van der Waals surface area contributed by atoms with E-state index in [1.807, 2.05) is 0 Å². The Labute approximate surface area is 139 Å². The molecule has 3 rings (SSSR count). The SMILES string of the molecule is CNC(=S)Nc1nc(Cl)cc(N2CCc3ccccc3C2)n1. The lowest BCUT2D eigenvalue weighted by Crippen LogP contribution is -2.31. The van der Waals surface area contributed by atoms with Crippen molar-refractivity contribution in [2.45, 2.75) is 13.0 Å². The van der Waals surface area contributed by atoms with E-state index in [1.165, 1.54) is 11.1 Å². The number of nitrogens with zero attached hydrogens (tertiary/aromatic N) is 3. The van der Waals surface area contributed by atoms with E-state index in [-0.39, 0.29) is 0 Å². The molecule has 0 atom stereocenters. The summed E-state index contributed by atoms with van der Waals surface area (Å²) >= 11 is 11.2. The van der Waals surface area contributed by atoms with Crippen molar-refractivity contribution in [2.24, 2.45) is 0 Å². The smallest absolute Gasteiger partial charge is 0.232 e. The number of anilines is 2. The number of halogens is 1. The summed E-state index contributed by atoms with van der Waals surface area (Å²) in [4.78, 5) is 10.9. The summed E-state index contributed by atoms with van der Waals surface area (Å²) in [6.45, 7) is 1.72. The Morgan fingerprint density at radius 1 is 1.27 bits per heavy atom. The summed E-state index contributed by atoms with van der Waals surface area (Å²) in [7, 11) is 1.74. The standard InChI is InChI=1S/C15H16ClN5S/c1-17-15(22)20-14-18-12(16)8-13(19-14)21-7-6-10-4-2-3-5-11(10)9-21/h2-5,8H,6-7,9H2,1H3,(H2,17,18,19,20,22). The van der Waals surface area contributed by atoms with E-state index in [1.54, 1.807) is 13.1 Å². The third-order valence-corrected chi connectivity index (χ3v) is 4.09. The van der Waals surface area contributed by atoms with E-state index < -0.39 is 0 Å². The van der Waals surface area contributed by atoms with Crippen molar-refractivity contribution in [2.75, 3.05) is 23.8 Å². The van der Waals surface area contributed by atoms with Crippen LogP contribution in [0.1, 0.15) is 11.1 Å². The van der Waals surface area contributed by atoms with Crippen molar-refractivity contribution in [3.63, 3.8) is 0 Å². The Balaban J connectivity index is 1.85. The Bertz CT molecular complexity index is 706. The highest BCUT2D eigenvalue weighted by atomic mass is 35.5. The van der Waals surface area contributed by atoms with Crippen molar-refractivity contribution in [3.05, 3.63) is 46.6 Å². The fourth-order valence-corrected chi connectivity index (χ4v) is 2.75. The van der Waals surface area contributed by atoms with Crippen molar-refractivity contribution in [1.82, 2.24) is 15.3 Å². The highest BCUT2D eigenvalue weighted by molar-refractivity contribution is 7.80. The van der Waals surface area contributed by atoms with Gasteiger partial charge in [-0.2, -0.15) is 4.98 Å². The molecule has 0 fully saturated rings. The molecule has 0 aliphatic carbocycles. The number of rotatable bonds is 2. The third kappa shape index (κ3) is 3.28. The summed E-state index contributed by atoms with van der Waals surface area (Å²) in [5.74, 6) is 1.21. The van der Waals surface area contributed by atoms with Crippen molar-refractivity contribution in [3.8, 4) is 0 Å². The van der Waals surface area contributed by atoms with Gasteiger partial charge in [0.25, 0.3) is 0 Å². The predicted molar refractivity (Wildman–Crippen MR) is 93.5 cm³/mol. The summed E-state index contributed by atoms with van der Waals surface area (Å²) in [5.41, 5.74) is 2.72. The predicted octanol–water partition coefficient (Wildman–Crippen LogP) is 2.61. The van der Waals surface area contributed by atoms with Gasteiger partial charge in [0.2, 0.25) is 5.95 Å². The first-order valence-corrected chi connectivity index (χ1v) is 7.79. The molecule has 0 spiro atoms. The number of hydrogen-bond donors (Lipinski definition) is 2. The molecular formula is C15H16ClN5S. The monoisotopic (exact) mass is 333 g/mol. The summed E-state index contributed by atoms with van der Waals surface area (Å²) in [6.07, 6.45) is 0.996. The quantitative estimate of drug-likeness (QED) is 0.651. The van der Waals surface area contributed by atoms with Crippen LogP contribution in [0.4, 0.5) is 11.8 Å². The van der Waals surface area contributed by atoms with E-state index in [0.717, 1.165) is 25.3 Å². The van der Waals surface area contributed by atoms with Gasteiger partial charge in [-0.3, -0.25) is 0 Å². The van der Waals surface area contributed by atoms with Crippen LogP contribution >= 0.6 is 23.8 Å². The molecule has 1 aliphatic rings. The zero-order chi connectivity index (χ0) is 15.5. The molecule has 0 amide bonds. The maximum absolute atomic E-state index is 6.11. The Kier molecular flexibility index (Phi) is 4.40. The van der Waals surface area contributed by atoms with Gasteiger partial charge in [0.05, 0.1) is 0 Å². The van der Waals surface area contributed by atoms with Gasteiger partial charge in [0.15, 0.2) is 5.11 Å². The lowest BCUT2D eigenvalue weighted by atomic mass is 10.00. The van der Waals surface area contributed by atoms with Crippen molar-refractivity contribution >= 4 is 40.7 Å². The Morgan fingerprint density at radius 3 is 2.82 bits per heavy atom. The first-order chi connectivity index (χ1) is 10.7. The molecule has 2 N–H and O–H groups in total. The molecule has 0 saturated carbocycles. The lowest BCUT2D eigenvalue weighted by Gasteiger charge is -2.30. The Hall–Kier alpha value is -1.92. The number of aromatic nitrogens is 2. The van der Waals surface area contributed by atoms with Gasteiger partial charge in [0, 0.05) is 26.2 Å². The van der Waals surface area contributed by atoms with Crippen molar-refractivity contribution in [1.29, 1.82) is 0 Å². The van der Waals surface area contributed by atoms with Gasteiger partial charge < -0.3 is 15.5 Å². The summed E-state index contributed by atoms with van der Waals surface area (Å²) in [6, 6.07) is 10.3. The second-order valence-electron chi connectivity index (χ2n) is 5.02. The minimum Gasteiger partial charge on any atom is -0.365 e. The molecule has 2 aromatic rings. The summed E-state index contributed by atoms with van der Waals surface area (Å²) in [5, 5.41) is 6.60.